The molecule has 0 aromatic heterocycles. The van der Waals surface area contributed by atoms with Crippen molar-refractivity contribution in [2.24, 2.45) is 11.8 Å². The van der Waals surface area contributed by atoms with Crippen molar-refractivity contribution < 1.29 is 9.90 Å². The molecule has 0 aromatic carbocycles. The number of aliphatic hydroxyl groups excluding tert-OH is 1. The summed E-state index contributed by atoms with van der Waals surface area (Å²) in [5, 5.41) is 15.2. The van der Waals surface area contributed by atoms with Crippen molar-refractivity contribution in [3.8, 4) is 0 Å². The number of carbonyl (C=O) groups excluding carboxylic acids is 1. The van der Waals surface area contributed by atoms with E-state index in [9.17, 15) is 4.79 Å². The van der Waals surface area contributed by atoms with E-state index in [4.69, 9.17) is 5.11 Å². The zero-order valence-corrected chi connectivity index (χ0v) is 13.4. The largest absolute Gasteiger partial charge is 0.396 e. The minimum absolute atomic E-state index is 0.00996. The van der Waals surface area contributed by atoms with Gasteiger partial charge >= 0.3 is 6.03 Å². The van der Waals surface area contributed by atoms with Crippen molar-refractivity contribution in [2.45, 2.75) is 83.2 Å². The van der Waals surface area contributed by atoms with Crippen molar-refractivity contribution in [3.63, 3.8) is 0 Å². The Balaban J connectivity index is 1.83. The zero-order valence-electron chi connectivity index (χ0n) is 13.4. The van der Waals surface area contributed by atoms with Gasteiger partial charge in [0.2, 0.25) is 0 Å². The van der Waals surface area contributed by atoms with Crippen molar-refractivity contribution in [1.82, 2.24) is 10.6 Å². The lowest BCUT2D eigenvalue weighted by atomic mass is 9.86. The highest BCUT2D eigenvalue weighted by molar-refractivity contribution is 5.74. The maximum atomic E-state index is 12.3. The van der Waals surface area contributed by atoms with E-state index in [1.54, 1.807) is 0 Å². The van der Waals surface area contributed by atoms with Gasteiger partial charge in [0.25, 0.3) is 0 Å². The van der Waals surface area contributed by atoms with Crippen LogP contribution in [0, 0.1) is 11.8 Å². The predicted octanol–water partition coefficient (Wildman–Crippen LogP) is 3.20. The summed E-state index contributed by atoms with van der Waals surface area (Å²) in [6.45, 7) is 2.20. The average molecular weight is 296 g/mol. The molecule has 2 fully saturated rings. The number of carbonyl (C=O) groups is 1. The lowest BCUT2D eigenvalue weighted by molar-refractivity contribution is 0.210. The first-order valence-electron chi connectivity index (χ1n) is 8.88. The molecule has 122 valence electrons. The van der Waals surface area contributed by atoms with Crippen LogP contribution in [0.25, 0.3) is 0 Å². The number of urea groups is 1. The first kappa shape index (κ1) is 16.6. The van der Waals surface area contributed by atoms with Crippen LogP contribution in [0.4, 0.5) is 4.79 Å². The number of nitrogens with one attached hydrogen (secondary N) is 2. The lowest BCUT2D eigenvalue weighted by Crippen LogP contribution is -2.50. The minimum atomic E-state index is -0.00996. The van der Waals surface area contributed by atoms with Gasteiger partial charge < -0.3 is 15.7 Å². The maximum Gasteiger partial charge on any atom is 0.315 e. The van der Waals surface area contributed by atoms with Crippen molar-refractivity contribution >= 4 is 6.03 Å². The van der Waals surface area contributed by atoms with Crippen LogP contribution >= 0.6 is 0 Å². The van der Waals surface area contributed by atoms with Gasteiger partial charge in [-0.15, -0.1) is 0 Å². The molecule has 1 atom stereocenters. The van der Waals surface area contributed by atoms with Gasteiger partial charge in [0.1, 0.15) is 0 Å². The molecule has 0 saturated heterocycles. The van der Waals surface area contributed by atoms with Crippen LogP contribution < -0.4 is 10.6 Å². The molecule has 2 rings (SSSR count). The Morgan fingerprint density at radius 1 is 1.05 bits per heavy atom. The summed E-state index contributed by atoms with van der Waals surface area (Å²) in [5.74, 6) is 1.37. The highest BCUT2D eigenvalue weighted by atomic mass is 16.3. The molecule has 4 nitrogen and oxygen atoms in total. The maximum absolute atomic E-state index is 12.3. The van der Waals surface area contributed by atoms with E-state index in [0.29, 0.717) is 17.9 Å². The highest BCUT2D eigenvalue weighted by Gasteiger charge is 2.34. The van der Waals surface area contributed by atoms with Crippen LogP contribution in [-0.2, 0) is 0 Å². The Bertz CT molecular complexity index is 294. The first-order valence-corrected chi connectivity index (χ1v) is 8.88. The number of amides is 2. The number of hydrogen-bond donors (Lipinski definition) is 3. The second-order valence-electron chi connectivity index (χ2n) is 7.00. The average Bonchev–Trinajstić information content (AvgIpc) is 3.15. The second-order valence-corrected chi connectivity index (χ2v) is 7.00. The van der Waals surface area contributed by atoms with E-state index >= 15 is 0 Å². The molecule has 2 aliphatic rings. The molecule has 1 unspecified atom stereocenters. The van der Waals surface area contributed by atoms with Gasteiger partial charge in [-0.05, 0) is 57.3 Å². The van der Waals surface area contributed by atoms with Crippen LogP contribution in [-0.4, -0.2) is 29.8 Å². The molecular weight excluding hydrogens is 264 g/mol. The Morgan fingerprint density at radius 3 is 2.05 bits per heavy atom. The smallest absolute Gasteiger partial charge is 0.315 e. The molecule has 0 bridgehead atoms. The molecule has 0 spiro atoms. The summed E-state index contributed by atoms with van der Waals surface area (Å²) in [5.41, 5.74) is 0. The third kappa shape index (κ3) is 5.17. The molecule has 0 radical (unpaired) electrons. The molecule has 0 aliphatic heterocycles. The summed E-state index contributed by atoms with van der Waals surface area (Å²) in [7, 11) is 0. The molecule has 21 heavy (non-hydrogen) atoms. The SMILES string of the molecule is CC(CCCO)NC(=O)NC(C1CCCC1)C1CCCC1. The molecule has 2 amide bonds. The van der Waals surface area contributed by atoms with Crippen LogP contribution in [0.15, 0.2) is 0 Å². The van der Waals surface area contributed by atoms with Gasteiger partial charge in [-0.3, -0.25) is 0 Å². The van der Waals surface area contributed by atoms with Crippen LogP contribution in [0.3, 0.4) is 0 Å². The summed E-state index contributed by atoms with van der Waals surface area (Å²) >= 11 is 0. The summed E-state index contributed by atoms with van der Waals surface area (Å²) in [6.07, 6.45) is 12.0. The fraction of sp³-hybridized carbons (Fsp3) is 0.941. The first-order chi connectivity index (χ1) is 10.2. The summed E-state index contributed by atoms with van der Waals surface area (Å²) in [4.78, 5) is 12.3. The lowest BCUT2D eigenvalue weighted by Gasteiger charge is -2.30. The van der Waals surface area contributed by atoms with Crippen molar-refractivity contribution in [3.05, 3.63) is 0 Å². The summed E-state index contributed by atoms with van der Waals surface area (Å²) in [6, 6.07) is 0.495. The second kappa shape index (κ2) is 8.62. The van der Waals surface area contributed by atoms with Crippen LogP contribution in [0.1, 0.15) is 71.1 Å². The minimum Gasteiger partial charge on any atom is -0.396 e. The zero-order chi connectivity index (χ0) is 15.1. The van der Waals surface area contributed by atoms with E-state index in [-0.39, 0.29) is 18.7 Å². The third-order valence-corrected chi connectivity index (χ3v) is 5.29. The topological polar surface area (TPSA) is 61.4 Å². The Labute approximate surface area is 129 Å². The standard InChI is InChI=1S/C17H32N2O2/c1-13(7-6-12-20)18-17(21)19-16(14-8-2-3-9-14)15-10-4-5-11-15/h13-16,20H,2-12H2,1H3,(H2,18,19,21). The fourth-order valence-corrected chi connectivity index (χ4v) is 4.14. The number of hydrogen-bond acceptors (Lipinski definition) is 2. The highest BCUT2D eigenvalue weighted by Crippen LogP contribution is 2.37. The van der Waals surface area contributed by atoms with E-state index in [1.165, 1.54) is 51.4 Å². The van der Waals surface area contributed by atoms with Gasteiger partial charge in [0.15, 0.2) is 0 Å². The van der Waals surface area contributed by atoms with E-state index in [2.05, 4.69) is 10.6 Å². The quantitative estimate of drug-likeness (QED) is 0.675. The van der Waals surface area contributed by atoms with Gasteiger partial charge in [-0.1, -0.05) is 25.7 Å². The monoisotopic (exact) mass is 296 g/mol. The molecule has 4 heteroatoms. The van der Waals surface area contributed by atoms with Crippen LogP contribution in [0.5, 0.6) is 0 Å². The Kier molecular flexibility index (Phi) is 6.81. The Morgan fingerprint density at radius 2 is 1.57 bits per heavy atom. The van der Waals surface area contributed by atoms with Crippen LogP contribution in [0.2, 0.25) is 0 Å². The van der Waals surface area contributed by atoms with Crippen molar-refractivity contribution in [2.75, 3.05) is 6.61 Å². The molecule has 2 saturated carbocycles. The van der Waals surface area contributed by atoms with Gasteiger partial charge in [-0.2, -0.15) is 0 Å². The number of rotatable bonds is 7. The number of aliphatic hydroxyl groups is 1. The van der Waals surface area contributed by atoms with E-state index in [0.717, 1.165) is 12.8 Å². The predicted molar refractivity (Wildman–Crippen MR) is 85.2 cm³/mol. The Hall–Kier alpha value is -0.770. The molecular formula is C17H32N2O2. The fourth-order valence-electron chi connectivity index (χ4n) is 4.14. The normalized spacial score (nSPS) is 21.9. The van der Waals surface area contributed by atoms with Gasteiger partial charge in [-0.25, -0.2) is 4.79 Å². The third-order valence-electron chi connectivity index (χ3n) is 5.29. The van der Waals surface area contributed by atoms with Crippen molar-refractivity contribution in [1.29, 1.82) is 0 Å². The van der Waals surface area contributed by atoms with Gasteiger partial charge in [0, 0.05) is 18.7 Å². The molecule has 0 heterocycles. The van der Waals surface area contributed by atoms with Gasteiger partial charge in [0.05, 0.1) is 0 Å². The summed E-state index contributed by atoms with van der Waals surface area (Å²) < 4.78 is 0. The molecule has 0 aromatic rings. The van der Waals surface area contributed by atoms with E-state index in [1.807, 2.05) is 6.92 Å². The molecule has 3 N–H and O–H groups in total. The molecule has 2 aliphatic carbocycles. The van der Waals surface area contributed by atoms with E-state index < -0.39 is 0 Å².